The lowest BCUT2D eigenvalue weighted by molar-refractivity contribution is -0.152. The van der Waals surface area contributed by atoms with Crippen LogP contribution < -0.4 is 5.32 Å². The van der Waals surface area contributed by atoms with Crippen molar-refractivity contribution in [3.05, 3.63) is 28.3 Å². The topological polar surface area (TPSA) is 81.4 Å². The average Bonchev–Trinajstić information content (AvgIpc) is 3.25. The number of nitrogens with zero attached hydrogens (tertiary/aromatic N) is 1. The van der Waals surface area contributed by atoms with E-state index in [0.717, 1.165) is 24.8 Å². The molecule has 1 N–H and O–H groups in total. The highest BCUT2D eigenvalue weighted by Crippen LogP contribution is 2.30. The fraction of sp³-hybridized carbons (Fsp3) is 0.500. The first-order valence-corrected chi connectivity index (χ1v) is 9.37. The van der Waals surface area contributed by atoms with Crippen molar-refractivity contribution >= 4 is 23.2 Å². The van der Waals surface area contributed by atoms with Gasteiger partial charge in [-0.3, -0.25) is 4.79 Å². The van der Waals surface area contributed by atoms with Crippen LogP contribution in [0.25, 0.3) is 11.5 Å². The largest absolute Gasteiger partial charge is 0.467 e. The number of oxazole rings is 1. The van der Waals surface area contributed by atoms with E-state index in [4.69, 9.17) is 9.15 Å². The highest BCUT2D eigenvalue weighted by molar-refractivity contribution is 7.08. The van der Waals surface area contributed by atoms with Gasteiger partial charge in [-0.05, 0) is 31.2 Å². The van der Waals surface area contributed by atoms with Gasteiger partial charge in [0.05, 0.1) is 19.2 Å². The highest BCUT2D eigenvalue weighted by Gasteiger charge is 2.42. The Balaban J connectivity index is 1.72. The second-order valence-corrected chi connectivity index (χ2v) is 7.17. The fourth-order valence-corrected chi connectivity index (χ4v) is 3.93. The number of rotatable bonds is 5. The quantitative estimate of drug-likeness (QED) is 0.826. The lowest BCUT2D eigenvalue weighted by Crippen LogP contribution is -2.56. The summed E-state index contributed by atoms with van der Waals surface area (Å²) in [4.78, 5) is 29.2. The predicted octanol–water partition coefficient (Wildman–Crippen LogP) is 3.25. The van der Waals surface area contributed by atoms with Crippen LogP contribution in [-0.2, 0) is 20.7 Å². The number of thiophene rings is 1. The Morgan fingerprint density at radius 2 is 2.12 bits per heavy atom. The maximum absolute atomic E-state index is 12.6. The second-order valence-electron chi connectivity index (χ2n) is 6.39. The molecule has 0 atom stereocenters. The van der Waals surface area contributed by atoms with Gasteiger partial charge in [-0.25, -0.2) is 9.78 Å². The Morgan fingerprint density at radius 1 is 1.36 bits per heavy atom. The first-order valence-electron chi connectivity index (χ1n) is 8.42. The lowest BCUT2D eigenvalue weighted by atomic mass is 9.81. The first-order chi connectivity index (χ1) is 12.0. The van der Waals surface area contributed by atoms with Crippen molar-refractivity contribution in [3.8, 4) is 11.5 Å². The number of amides is 1. The molecule has 2 heterocycles. The van der Waals surface area contributed by atoms with Gasteiger partial charge < -0.3 is 14.5 Å². The molecule has 0 spiro atoms. The van der Waals surface area contributed by atoms with E-state index in [2.05, 4.69) is 10.3 Å². The lowest BCUT2D eigenvalue weighted by Gasteiger charge is -2.35. The first kappa shape index (κ1) is 17.7. The minimum absolute atomic E-state index is 0.0816. The number of aryl methyl sites for hydroxylation is 1. The van der Waals surface area contributed by atoms with Crippen LogP contribution in [0.1, 0.15) is 43.6 Å². The second kappa shape index (κ2) is 7.39. The van der Waals surface area contributed by atoms with Crippen LogP contribution in [0, 0.1) is 6.92 Å². The summed E-state index contributed by atoms with van der Waals surface area (Å²) in [6.07, 6.45) is 4.19. The third-order valence-corrected chi connectivity index (χ3v) is 5.33. The van der Waals surface area contributed by atoms with Crippen LogP contribution >= 0.6 is 11.3 Å². The van der Waals surface area contributed by atoms with E-state index in [-0.39, 0.29) is 18.3 Å². The molecule has 0 saturated heterocycles. The van der Waals surface area contributed by atoms with E-state index in [1.807, 2.05) is 16.8 Å². The summed E-state index contributed by atoms with van der Waals surface area (Å²) in [6.45, 7) is 1.79. The molecular weight excluding hydrogens is 340 g/mol. The van der Waals surface area contributed by atoms with Crippen molar-refractivity contribution in [1.29, 1.82) is 0 Å². The third kappa shape index (κ3) is 3.76. The molecule has 25 heavy (non-hydrogen) atoms. The predicted molar refractivity (Wildman–Crippen MR) is 94.2 cm³/mol. The number of methoxy groups -OCH3 is 1. The number of aromatic nitrogens is 1. The van der Waals surface area contributed by atoms with E-state index in [1.54, 1.807) is 18.3 Å². The Bertz CT molecular complexity index is 745. The van der Waals surface area contributed by atoms with Gasteiger partial charge in [-0.1, -0.05) is 19.3 Å². The summed E-state index contributed by atoms with van der Waals surface area (Å²) in [5.74, 6) is 0.533. The summed E-state index contributed by atoms with van der Waals surface area (Å²) in [5, 5.41) is 6.81. The Kier molecular flexibility index (Phi) is 5.22. The van der Waals surface area contributed by atoms with Crippen LogP contribution in [0.15, 0.2) is 21.2 Å². The van der Waals surface area contributed by atoms with Crippen LogP contribution in [0.3, 0.4) is 0 Å². The van der Waals surface area contributed by atoms with Gasteiger partial charge in [-0.2, -0.15) is 11.3 Å². The number of hydrogen-bond acceptors (Lipinski definition) is 6. The molecule has 0 radical (unpaired) electrons. The zero-order valence-corrected chi connectivity index (χ0v) is 15.3. The number of nitrogens with one attached hydrogen (secondary N) is 1. The zero-order chi connectivity index (χ0) is 17.9. The molecule has 1 saturated carbocycles. The van der Waals surface area contributed by atoms with Crippen LogP contribution in [-0.4, -0.2) is 29.5 Å². The number of hydrogen-bond donors (Lipinski definition) is 1. The zero-order valence-electron chi connectivity index (χ0n) is 14.5. The number of carbonyl (C=O) groups excluding carboxylic acids is 2. The third-order valence-electron chi connectivity index (χ3n) is 4.65. The molecule has 1 aliphatic carbocycles. The van der Waals surface area contributed by atoms with Crippen molar-refractivity contribution in [1.82, 2.24) is 10.3 Å². The molecular formula is C18H22N2O4S. The van der Waals surface area contributed by atoms with Gasteiger partial charge in [0.25, 0.3) is 0 Å². The molecule has 2 aromatic heterocycles. The molecule has 7 heteroatoms. The standard InChI is InChI=1S/C18H22N2O4S/c1-12-14(19-16(24-12)13-6-9-25-11-13)10-15(21)20-18(17(22)23-2)7-4-3-5-8-18/h6,9,11H,3-5,7-8,10H2,1-2H3,(H,20,21). The van der Waals surface area contributed by atoms with Crippen molar-refractivity contribution in [2.24, 2.45) is 0 Å². The van der Waals surface area contributed by atoms with Gasteiger partial charge in [0.15, 0.2) is 0 Å². The number of carbonyl (C=O) groups is 2. The molecule has 0 aromatic carbocycles. The minimum atomic E-state index is -0.905. The molecule has 1 fully saturated rings. The summed E-state index contributed by atoms with van der Waals surface area (Å²) >= 11 is 1.56. The summed E-state index contributed by atoms with van der Waals surface area (Å²) in [6, 6.07) is 1.92. The molecule has 0 bridgehead atoms. The molecule has 2 aromatic rings. The van der Waals surface area contributed by atoms with Crippen molar-refractivity contribution in [2.45, 2.75) is 51.0 Å². The smallest absolute Gasteiger partial charge is 0.331 e. The van der Waals surface area contributed by atoms with Crippen LogP contribution in [0.5, 0.6) is 0 Å². The van der Waals surface area contributed by atoms with Crippen LogP contribution in [0.2, 0.25) is 0 Å². The molecule has 0 unspecified atom stereocenters. The molecule has 3 rings (SSSR count). The molecule has 1 aliphatic rings. The fourth-order valence-electron chi connectivity index (χ4n) is 3.30. The Hall–Kier alpha value is -2.15. The monoisotopic (exact) mass is 362 g/mol. The molecule has 0 aliphatic heterocycles. The number of esters is 1. The maximum Gasteiger partial charge on any atom is 0.331 e. The number of ether oxygens (including phenoxy) is 1. The summed E-state index contributed by atoms with van der Waals surface area (Å²) in [7, 11) is 1.36. The van der Waals surface area contributed by atoms with Gasteiger partial charge in [0.2, 0.25) is 11.8 Å². The van der Waals surface area contributed by atoms with Crippen molar-refractivity contribution in [3.63, 3.8) is 0 Å². The van der Waals surface area contributed by atoms with Gasteiger partial charge in [0.1, 0.15) is 11.3 Å². The van der Waals surface area contributed by atoms with Gasteiger partial charge >= 0.3 is 5.97 Å². The van der Waals surface area contributed by atoms with Crippen molar-refractivity contribution < 1.29 is 18.7 Å². The summed E-state index contributed by atoms with van der Waals surface area (Å²) in [5.41, 5.74) is 0.588. The highest BCUT2D eigenvalue weighted by atomic mass is 32.1. The van der Waals surface area contributed by atoms with E-state index in [9.17, 15) is 9.59 Å². The molecule has 1 amide bonds. The molecule has 6 nitrogen and oxygen atoms in total. The molecule has 134 valence electrons. The van der Waals surface area contributed by atoms with E-state index < -0.39 is 5.54 Å². The van der Waals surface area contributed by atoms with E-state index >= 15 is 0 Å². The Labute approximate surface area is 150 Å². The summed E-state index contributed by atoms with van der Waals surface area (Å²) < 4.78 is 10.6. The van der Waals surface area contributed by atoms with Gasteiger partial charge in [-0.15, -0.1) is 0 Å². The average molecular weight is 362 g/mol. The van der Waals surface area contributed by atoms with Gasteiger partial charge in [0, 0.05) is 10.9 Å². The van der Waals surface area contributed by atoms with Crippen molar-refractivity contribution in [2.75, 3.05) is 7.11 Å². The SMILES string of the molecule is COC(=O)C1(NC(=O)Cc2nc(-c3ccsc3)oc2C)CCCCC1. The minimum Gasteiger partial charge on any atom is -0.467 e. The maximum atomic E-state index is 12.6. The van der Waals surface area contributed by atoms with E-state index in [1.165, 1.54) is 7.11 Å². The Morgan fingerprint density at radius 3 is 2.76 bits per heavy atom. The van der Waals surface area contributed by atoms with Crippen LogP contribution in [0.4, 0.5) is 0 Å². The van der Waals surface area contributed by atoms with E-state index in [0.29, 0.717) is 30.2 Å². The normalized spacial score (nSPS) is 16.4.